The van der Waals surface area contributed by atoms with Gasteiger partial charge in [0.1, 0.15) is 5.82 Å². The molecule has 0 aromatic heterocycles. The molecule has 1 aliphatic rings. The van der Waals surface area contributed by atoms with Crippen molar-refractivity contribution in [2.45, 2.75) is 70.5 Å². The minimum Gasteiger partial charge on any atom is -0.326 e. The van der Waals surface area contributed by atoms with E-state index in [1.807, 2.05) is 12.1 Å². The highest BCUT2D eigenvalue weighted by Crippen LogP contribution is 2.32. The van der Waals surface area contributed by atoms with Crippen molar-refractivity contribution in [3.8, 4) is 0 Å². The molecule has 2 nitrogen and oxygen atoms in total. The number of nitrogens with two attached hydrogens (primary N) is 1. The number of rotatable bonds is 6. The van der Waals surface area contributed by atoms with Gasteiger partial charge < -0.3 is 5.73 Å². The van der Waals surface area contributed by atoms with E-state index in [4.69, 9.17) is 5.73 Å². The monoisotopic (exact) mass is 292 g/mol. The van der Waals surface area contributed by atoms with E-state index >= 15 is 0 Å². The third-order valence-corrected chi connectivity index (χ3v) is 4.85. The van der Waals surface area contributed by atoms with Crippen molar-refractivity contribution in [3.05, 3.63) is 35.6 Å². The van der Waals surface area contributed by atoms with Gasteiger partial charge in [-0.15, -0.1) is 0 Å². The van der Waals surface area contributed by atoms with Gasteiger partial charge in [-0.05, 0) is 43.5 Å². The highest BCUT2D eigenvalue weighted by molar-refractivity contribution is 5.22. The minimum atomic E-state index is -0.178. The van der Waals surface area contributed by atoms with Crippen molar-refractivity contribution in [1.82, 2.24) is 4.90 Å². The van der Waals surface area contributed by atoms with E-state index in [0.29, 0.717) is 6.04 Å². The van der Waals surface area contributed by atoms with Crippen molar-refractivity contribution < 1.29 is 4.39 Å². The van der Waals surface area contributed by atoms with Gasteiger partial charge in [0.05, 0.1) is 6.04 Å². The Kier molecular flexibility index (Phi) is 6.19. The van der Waals surface area contributed by atoms with Gasteiger partial charge in [0.2, 0.25) is 0 Å². The summed E-state index contributed by atoms with van der Waals surface area (Å²) in [7, 11) is 0. The van der Waals surface area contributed by atoms with Crippen LogP contribution in [0.15, 0.2) is 24.3 Å². The van der Waals surface area contributed by atoms with Crippen LogP contribution in [0.4, 0.5) is 4.39 Å². The average Bonchev–Trinajstić information content (AvgIpc) is 2.54. The zero-order valence-corrected chi connectivity index (χ0v) is 13.4. The van der Waals surface area contributed by atoms with Crippen LogP contribution in [0.2, 0.25) is 0 Å². The molecule has 2 N–H and O–H groups in total. The molecule has 1 aromatic carbocycles. The van der Waals surface area contributed by atoms with Crippen LogP contribution in [0.1, 0.15) is 64.0 Å². The molecule has 0 spiro atoms. The second-order valence-electron chi connectivity index (χ2n) is 6.19. The van der Waals surface area contributed by atoms with E-state index in [9.17, 15) is 4.39 Å². The first kappa shape index (κ1) is 16.4. The Labute approximate surface area is 128 Å². The SMILES string of the molecule is CCC(N)C(c1ccc(F)cc1)N(CC)C1CCCCC1. The second kappa shape index (κ2) is 7.90. The van der Waals surface area contributed by atoms with Crippen LogP contribution in [0.5, 0.6) is 0 Å². The number of hydrogen-bond donors (Lipinski definition) is 1. The fourth-order valence-corrected chi connectivity index (χ4v) is 3.66. The first-order chi connectivity index (χ1) is 10.2. The van der Waals surface area contributed by atoms with Crippen molar-refractivity contribution in [2.75, 3.05) is 6.54 Å². The quantitative estimate of drug-likeness (QED) is 0.849. The third-order valence-electron chi connectivity index (χ3n) is 4.85. The number of nitrogens with zero attached hydrogens (tertiary/aromatic N) is 1. The number of likely N-dealkylation sites (N-methyl/N-ethyl adjacent to an activating group) is 1. The maximum absolute atomic E-state index is 13.2. The van der Waals surface area contributed by atoms with Crippen molar-refractivity contribution in [3.63, 3.8) is 0 Å². The topological polar surface area (TPSA) is 29.3 Å². The molecule has 1 fully saturated rings. The van der Waals surface area contributed by atoms with E-state index in [1.165, 1.54) is 32.1 Å². The maximum atomic E-state index is 13.2. The summed E-state index contributed by atoms with van der Waals surface area (Å²) in [6, 6.07) is 7.83. The maximum Gasteiger partial charge on any atom is 0.123 e. The van der Waals surface area contributed by atoms with Crippen LogP contribution >= 0.6 is 0 Å². The van der Waals surface area contributed by atoms with Gasteiger partial charge in [-0.25, -0.2) is 4.39 Å². The molecule has 0 heterocycles. The molecule has 1 aromatic rings. The second-order valence-corrected chi connectivity index (χ2v) is 6.19. The predicted octanol–water partition coefficient (Wildman–Crippen LogP) is 4.26. The Hall–Kier alpha value is -0.930. The highest BCUT2D eigenvalue weighted by Gasteiger charge is 2.30. The van der Waals surface area contributed by atoms with Gasteiger partial charge in [0, 0.05) is 12.1 Å². The summed E-state index contributed by atoms with van der Waals surface area (Å²) in [6.45, 7) is 5.35. The molecule has 0 amide bonds. The molecule has 2 atom stereocenters. The molecule has 1 saturated carbocycles. The molecule has 0 bridgehead atoms. The summed E-state index contributed by atoms with van der Waals surface area (Å²) in [4.78, 5) is 2.56. The van der Waals surface area contributed by atoms with Crippen molar-refractivity contribution in [2.24, 2.45) is 5.73 Å². The third kappa shape index (κ3) is 4.04. The lowest BCUT2D eigenvalue weighted by molar-refractivity contribution is 0.0931. The van der Waals surface area contributed by atoms with Gasteiger partial charge in [-0.2, -0.15) is 0 Å². The Bertz CT molecular complexity index is 412. The predicted molar refractivity (Wildman–Crippen MR) is 86.7 cm³/mol. The summed E-state index contributed by atoms with van der Waals surface area (Å²) in [6.07, 6.45) is 7.46. The molecule has 2 unspecified atom stereocenters. The summed E-state index contributed by atoms with van der Waals surface area (Å²) in [5, 5.41) is 0. The summed E-state index contributed by atoms with van der Waals surface area (Å²) in [5.74, 6) is -0.178. The van der Waals surface area contributed by atoms with Crippen LogP contribution < -0.4 is 5.73 Å². The van der Waals surface area contributed by atoms with Crippen LogP contribution in [0.3, 0.4) is 0 Å². The number of halogens is 1. The summed E-state index contributed by atoms with van der Waals surface area (Å²) in [5.41, 5.74) is 7.59. The normalized spacial score (nSPS) is 19.7. The van der Waals surface area contributed by atoms with Crippen LogP contribution in [-0.2, 0) is 0 Å². The molecule has 0 aliphatic heterocycles. The standard InChI is InChI=1S/C18H29FN2/c1-3-17(20)18(14-10-12-15(19)13-11-14)21(4-2)16-8-6-5-7-9-16/h10-13,16-18H,3-9,20H2,1-2H3. The molecule has 0 radical (unpaired) electrons. The average molecular weight is 292 g/mol. The van der Waals surface area contributed by atoms with E-state index in [1.54, 1.807) is 12.1 Å². The van der Waals surface area contributed by atoms with E-state index in [-0.39, 0.29) is 17.9 Å². The Balaban J connectivity index is 2.26. The minimum absolute atomic E-state index is 0.0948. The summed E-state index contributed by atoms with van der Waals surface area (Å²) < 4.78 is 13.2. The fourth-order valence-electron chi connectivity index (χ4n) is 3.66. The first-order valence-corrected chi connectivity index (χ1v) is 8.44. The zero-order valence-electron chi connectivity index (χ0n) is 13.4. The first-order valence-electron chi connectivity index (χ1n) is 8.44. The van der Waals surface area contributed by atoms with Gasteiger partial charge in [0.25, 0.3) is 0 Å². The van der Waals surface area contributed by atoms with Crippen molar-refractivity contribution in [1.29, 1.82) is 0 Å². The number of benzene rings is 1. The molecule has 118 valence electrons. The zero-order chi connectivity index (χ0) is 15.2. The lowest BCUT2D eigenvalue weighted by Crippen LogP contribution is -2.46. The molecule has 3 heteroatoms. The Morgan fingerprint density at radius 2 is 1.76 bits per heavy atom. The Morgan fingerprint density at radius 3 is 2.29 bits per heavy atom. The van der Waals surface area contributed by atoms with E-state index < -0.39 is 0 Å². The highest BCUT2D eigenvalue weighted by atomic mass is 19.1. The molecule has 2 rings (SSSR count). The van der Waals surface area contributed by atoms with Gasteiger partial charge >= 0.3 is 0 Å². The van der Waals surface area contributed by atoms with Gasteiger partial charge in [-0.1, -0.05) is 45.2 Å². The summed E-state index contributed by atoms with van der Waals surface area (Å²) >= 11 is 0. The smallest absolute Gasteiger partial charge is 0.123 e. The molecular formula is C18H29FN2. The number of hydrogen-bond acceptors (Lipinski definition) is 2. The van der Waals surface area contributed by atoms with Gasteiger partial charge in [0.15, 0.2) is 0 Å². The fraction of sp³-hybridized carbons (Fsp3) is 0.667. The molecular weight excluding hydrogens is 263 g/mol. The lowest BCUT2D eigenvalue weighted by atomic mass is 9.89. The van der Waals surface area contributed by atoms with Crippen molar-refractivity contribution >= 4 is 0 Å². The van der Waals surface area contributed by atoms with Crippen LogP contribution in [-0.4, -0.2) is 23.5 Å². The van der Waals surface area contributed by atoms with Crippen LogP contribution in [0.25, 0.3) is 0 Å². The Morgan fingerprint density at radius 1 is 1.14 bits per heavy atom. The van der Waals surface area contributed by atoms with Gasteiger partial charge in [-0.3, -0.25) is 4.90 Å². The van der Waals surface area contributed by atoms with Crippen LogP contribution in [0, 0.1) is 5.82 Å². The van der Waals surface area contributed by atoms with E-state index in [2.05, 4.69) is 18.7 Å². The lowest BCUT2D eigenvalue weighted by Gasteiger charge is -2.42. The molecule has 21 heavy (non-hydrogen) atoms. The molecule has 0 saturated heterocycles. The molecule has 1 aliphatic carbocycles. The van der Waals surface area contributed by atoms with E-state index in [0.717, 1.165) is 18.5 Å². The largest absolute Gasteiger partial charge is 0.326 e.